The molecule has 7 nitrogen and oxygen atoms in total. The molecular weight excluding hydrogens is 262 g/mol. The Labute approximate surface area is 114 Å². The van der Waals surface area contributed by atoms with Crippen molar-refractivity contribution in [3.63, 3.8) is 0 Å². The van der Waals surface area contributed by atoms with Crippen LogP contribution in [0.15, 0.2) is 30.6 Å². The van der Waals surface area contributed by atoms with Crippen molar-refractivity contribution in [3.05, 3.63) is 36.2 Å². The molecule has 1 atom stereocenters. The third-order valence-corrected chi connectivity index (χ3v) is 2.75. The molecule has 1 heterocycles. The molecule has 0 saturated heterocycles. The number of nitrogens with one attached hydrogen (secondary N) is 1. The summed E-state index contributed by atoms with van der Waals surface area (Å²) in [5, 5.41) is 20.1. The maximum absolute atomic E-state index is 12.0. The Kier molecular flexibility index (Phi) is 4.21. The summed E-state index contributed by atoms with van der Waals surface area (Å²) in [4.78, 5) is 31.0. The van der Waals surface area contributed by atoms with E-state index in [1.807, 2.05) is 0 Å². The van der Waals surface area contributed by atoms with Crippen LogP contribution in [0.5, 0.6) is 0 Å². The first-order chi connectivity index (χ1) is 9.61. The molecule has 1 amide bonds. The molecule has 0 bridgehead atoms. The number of amides is 1. The summed E-state index contributed by atoms with van der Waals surface area (Å²) in [6.07, 6.45) is 3.01. The van der Waals surface area contributed by atoms with Crippen LogP contribution in [0, 0.1) is 0 Å². The highest BCUT2D eigenvalue weighted by Crippen LogP contribution is 2.11. The fraction of sp³-hybridized carbons (Fsp3) is 0.231. The maximum atomic E-state index is 12.0. The zero-order valence-electron chi connectivity index (χ0n) is 10.5. The number of carbonyl (C=O) groups is 2. The molecule has 0 radical (unpaired) electrons. The van der Waals surface area contributed by atoms with Crippen LogP contribution in [0.3, 0.4) is 0 Å². The van der Waals surface area contributed by atoms with Gasteiger partial charge in [-0.2, -0.15) is 0 Å². The predicted octanol–water partition coefficient (Wildman–Crippen LogP) is 0.195. The van der Waals surface area contributed by atoms with E-state index in [1.165, 1.54) is 12.3 Å². The number of aromatic nitrogens is 2. The topological polar surface area (TPSA) is 112 Å². The minimum atomic E-state index is -1.19. The number of carbonyl (C=O) groups excluding carboxylic acids is 1. The van der Waals surface area contributed by atoms with Crippen molar-refractivity contribution in [1.82, 2.24) is 15.3 Å². The number of carboxylic acids is 1. The highest BCUT2D eigenvalue weighted by Gasteiger charge is 2.20. The van der Waals surface area contributed by atoms with Crippen LogP contribution in [0.4, 0.5) is 0 Å². The van der Waals surface area contributed by atoms with E-state index in [2.05, 4.69) is 15.3 Å². The first-order valence-electron chi connectivity index (χ1n) is 5.97. The second-order valence-corrected chi connectivity index (χ2v) is 4.14. The van der Waals surface area contributed by atoms with Gasteiger partial charge in [-0.05, 0) is 18.2 Å². The first kappa shape index (κ1) is 13.9. The van der Waals surface area contributed by atoms with Crippen molar-refractivity contribution < 1.29 is 19.8 Å². The molecule has 0 unspecified atom stereocenters. The number of nitrogens with zero attached hydrogens (tertiary/aromatic N) is 2. The van der Waals surface area contributed by atoms with Gasteiger partial charge in [-0.25, -0.2) is 4.79 Å². The van der Waals surface area contributed by atoms with Crippen LogP contribution in [-0.2, 0) is 4.79 Å². The van der Waals surface area contributed by atoms with Crippen LogP contribution >= 0.6 is 0 Å². The van der Waals surface area contributed by atoms with E-state index in [0.717, 1.165) is 0 Å². The largest absolute Gasteiger partial charge is 0.480 e. The molecule has 1 aromatic heterocycles. The van der Waals surface area contributed by atoms with Gasteiger partial charge in [0.25, 0.3) is 5.91 Å². The summed E-state index contributed by atoms with van der Waals surface area (Å²) in [6, 6.07) is 3.60. The van der Waals surface area contributed by atoms with E-state index in [9.17, 15) is 9.59 Å². The lowest BCUT2D eigenvalue weighted by Gasteiger charge is -2.13. The second kappa shape index (κ2) is 6.07. The fourth-order valence-corrected chi connectivity index (χ4v) is 1.73. The Balaban J connectivity index is 2.20. The van der Waals surface area contributed by atoms with Gasteiger partial charge in [-0.3, -0.25) is 14.8 Å². The van der Waals surface area contributed by atoms with E-state index < -0.39 is 17.9 Å². The highest BCUT2D eigenvalue weighted by molar-refractivity contribution is 5.99. The Morgan fingerprint density at radius 2 is 1.90 bits per heavy atom. The highest BCUT2D eigenvalue weighted by atomic mass is 16.4. The third-order valence-electron chi connectivity index (χ3n) is 2.75. The van der Waals surface area contributed by atoms with Crippen molar-refractivity contribution in [2.45, 2.75) is 12.5 Å². The summed E-state index contributed by atoms with van der Waals surface area (Å²) in [5.74, 6) is -1.72. The van der Waals surface area contributed by atoms with Crippen LogP contribution < -0.4 is 5.32 Å². The number of carboxylic acid groups (broad SMARTS) is 1. The first-order valence-corrected chi connectivity index (χ1v) is 5.97. The van der Waals surface area contributed by atoms with Crippen molar-refractivity contribution in [1.29, 1.82) is 0 Å². The number of rotatable bonds is 5. The second-order valence-electron chi connectivity index (χ2n) is 4.14. The molecule has 20 heavy (non-hydrogen) atoms. The van der Waals surface area contributed by atoms with Crippen molar-refractivity contribution in [2.24, 2.45) is 0 Å². The lowest BCUT2D eigenvalue weighted by molar-refractivity contribution is -0.139. The molecule has 2 aromatic rings. The number of aliphatic hydroxyl groups excluding tert-OH is 1. The lowest BCUT2D eigenvalue weighted by atomic mass is 10.1. The normalized spacial score (nSPS) is 12.1. The molecule has 3 N–H and O–H groups in total. The van der Waals surface area contributed by atoms with Crippen LogP contribution in [-0.4, -0.2) is 44.7 Å². The fourth-order valence-electron chi connectivity index (χ4n) is 1.73. The number of hydrogen-bond donors (Lipinski definition) is 3. The van der Waals surface area contributed by atoms with E-state index in [4.69, 9.17) is 10.2 Å². The molecule has 1 aromatic carbocycles. The number of aliphatic hydroxyl groups is 1. The van der Waals surface area contributed by atoms with Gasteiger partial charge in [0.1, 0.15) is 6.04 Å². The van der Waals surface area contributed by atoms with Crippen LogP contribution in [0.1, 0.15) is 16.8 Å². The smallest absolute Gasteiger partial charge is 0.326 e. The summed E-state index contributed by atoms with van der Waals surface area (Å²) in [6.45, 7) is -0.319. The number of fused-ring (bicyclic) bond motifs is 1. The monoisotopic (exact) mass is 275 g/mol. The molecule has 7 heteroatoms. The Morgan fingerprint density at radius 1 is 1.20 bits per heavy atom. The molecule has 2 rings (SSSR count). The minimum Gasteiger partial charge on any atom is -0.480 e. The Bertz CT molecular complexity index is 644. The number of hydrogen-bond acceptors (Lipinski definition) is 5. The van der Waals surface area contributed by atoms with Gasteiger partial charge in [-0.1, -0.05) is 0 Å². The van der Waals surface area contributed by atoms with E-state index in [0.29, 0.717) is 16.6 Å². The zero-order chi connectivity index (χ0) is 14.5. The molecule has 0 aliphatic carbocycles. The summed E-state index contributed by atoms with van der Waals surface area (Å²) >= 11 is 0. The number of benzene rings is 1. The van der Waals surface area contributed by atoms with E-state index in [-0.39, 0.29) is 13.0 Å². The van der Waals surface area contributed by atoms with E-state index in [1.54, 1.807) is 18.3 Å². The maximum Gasteiger partial charge on any atom is 0.326 e. The predicted molar refractivity (Wildman–Crippen MR) is 70.1 cm³/mol. The molecular formula is C13H13N3O4. The molecule has 0 aliphatic heterocycles. The Hall–Kier alpha value is -2.54. The molecule has 104 valence electrons. The van der Waals surface area contributed by atoms with Gasteiger partial charge in [-0.15, -0.1) is 0 Å². The summed E-state index contributed by atoms with van der Waals surface area (Å²) < 4.78 is 0. The molecule has 0 aliphatic rings. The molecule has 0 spiro atoms. The van der Waals surface area contributed by atoms with Crippen molar-refractivity contribution >= 4 is 22.9 Å². The summed E-state index contributed by atoms with van der Waals surface area (Å²) in [5.41, 5.74) is 1.49. The third kappa shape index (κ3) is 3.07. The van der Waals surface area contributed by atoms with Gasteiger partial charge in [0.15, 0.2) is 0 Å². The summed E-state index contributed by atoms with van der Waals surface area (Å²) in [7, 11) is 0. The van der Waals surface area contributed by atoms with E-state index >= 15 is 0 Å². The quantitative estimate of drug-likeness (QED) is 0.718. The SMILES string of the molecule is O=C(N[C@@H](CCO)C(=O)O)c1ccc2nccnc2c1. The number of aliphatic carboxylic acids is 1. The average molecular weight is 275 g/mol. The van der Waals surface area contributed by atoms with Gasteiger partial charge in [0.2, 0.25) is 0 Å². The van der Waals surface area contributed by atoms with Gasteiger partial charge in [0.05, 0.1) is 11.0 Å². The average Bonchev–Trinajstić information content (AvgIpc) is 2.46. The molecule has 0 saturated carbocycles. The zero-order valence-corrected chi connectivity index (χ0v) is 10.5. The lowest BCUT2D eigenvalue weighted by Crippen LogP contribution is -2.41. The van der Waals surface area contributed by atoms with Crippen LogP contribution in [0.2, 0.25) is 0 Å². The molecule has 0 fully saturated rings. The standard InChI is InChI=1S/C13H13N3O4/c17-6-3-10(13(19)20)16-12(18)8-1-2-9-11(7-8)15-5-4-14-9/h1-2,4-5,7,10,17H,3,6H2,(H,16,18)(H,19,20)/t10-/m0/s1. The van der Waals surface area contributed by atoms with Crippen LogP contribution in [0.25, 0.3) is 11.0 Å². The van der Waals surface area contributed by atoms with Gasteiger partial charge in [0, 0.05) is 31.0 Å². The Morgan fingerprint density at radius 3 is 2.55 bits per heavy atom. The van der Waals surface area contributed by atoms with Gasteiger partial charge >= 0.3 is 5.97 Å². The van der Waals surface area contributed by atoms with Crippen molar-refractivity contribution in [3.8, 4) is 0 Å². The minimum absolute atomic E-state index is 0.0472. The van der Waals surface area contributed by atoms with Gasteiger partial charge < -0.3 is 15.5 Å². The van der Waals surface area contributed by atoms with Crippen molar-refractivity contribution in [2.75, 3.05) is 6.61 Å².